The molecular weight excluding hydrogens is 516 g/mol. The van der Waals surface area contributed by atoms with Crippen molar-refractivity contribution < 1.29 is 14.3 Å². The van der Waals surface area contributed by atoms with Crippen LogP contribution in [0.3, 0.4) is 0 Å². The summed E-state index contributed by atoms with van der Waals surface area (Å²) in [6, 6.07) is 12.9. The molecule has 0 radical (unpaired) electrons. The average Bonchev–Trinajstić information content (AvgIpc) is 3.26. The Labute approximate surface area is 234 Å². The van der Waals surface area contributed by atoms with Crippen LogP contribution in [-0.2, 0) is 12.8 Å². The third kappa shape index (κ3) is 6.66. The number of halogens is 1. The molecule has 1 aliphatic rings. The molecule has 0 saturated carbocycles. The van der Waals surface area contributed by atoms with Gasteiger partial charge in [-0.25, -0.2) is 4.99 Å². The van der Waals surface area contributed by atoms with Crippen LogP contribution in [0.2, 0.25) is 5.02 Å². The quantitative estimate of drug-likeness (QED) is 0.214. The van der Waals surface area contributed by atoms with Gasteiger partial charge in [0.15, 0.2) is 11.5 Å². The van der Waals surface area contributed by atoms with Gasteiger partial charge in [-0.05, 0) is 91.1 Å². The molecule has 7 heteroatoms. The van der Waals surface area contributed by atoms with Crippen LogP contribution in [0.15, 0.2) is 60.1 Å². The van der Waals surface area contributed by atoms with Crippen molar-refractivity contribution in [1.82, 2.24) is 0 Å². The van der Waals surface area contributed by atoms with Crippen LogP contribution in [0, 0.1) is 11.3 Å². The Morgan fingerprint density at radius 2 is 1.95 bits per heavy atom. The highest BCUT2D eigenvalue weighted by Crippen LogP contribution is 2.45. The molecule has 1 aromatic heterocycles. The lowest BCUT2D eigenvalue weighted by molar-refractivity contribution is 0.102. The fourth-order valence-electron chi connectivity index (χ4n) is 4.64. The maximum Gasteiger partial charge on any atom is 0.259 e. The maximum absolute atomic E-state index is 13.6. The molecule has 0 unspecified atom stereocenters. The monoisotopic (exact) mass is 550 g/mol. The van der Waals surface area contributed by atoms with E-state index in [1.807, 2.05) is 37.3 Å². The van der Waals surface area contributed by atoms with Crippen molar-refractivity contribution in [3.8, 4) is 11.5 Å². The lowest BCUT2D eigenvalue weighted by Crippen LogP contribution is -2.27. The molecule has 1 N–H and O–H groups in total. The third-order valence-corrected chi connectivity index (χ3v) is 8.17. The number of nitrogens with one attached hydrogen (secondary N) is 1. The van der Waals surface area contributed by atoms with Crippen LogP contribution >= 0.6 is 22.9 Å². The standard InChI is InChI=1S/C31H35ClN2O3S/c1-6-16-37-25-15-8-20(17-26(25)36-7-2)19-33-30-28(29(35)34-23-12-10-22(32)11-13-23)24-14-9-21(31(3,4)5)18-27(24)38-30/h6,8,10-13,15,17,19,21H,1,7,9,14,16,18H2,2-5H3,(H,34,35)/t21-/m0/s1. The summed E-state index contributed by atoms with van der Waals surface area (Å²) in [6.07, 6.45) is 6.38. The van der Waals surface area contributed by atoms with Crippen molar-refractivity contribution >= 4 is 45.7 Å². The minimum absolute atomic E-state index is 0.144. The number of hydrogen-bond donors (Lipinski definition) is 1. The summed E-state index contributed by atoms with van der Waals surface area (Å²) in [6.45, 7) is 13.4. The lowest BCUT2D eigenvalue weighted by Gasteiger charge is -2.33. The van der Waals surface area contributed by atoms with Crippen LogP contribution in [0.1, 0.15) is 60.5 Å². The molecule has 0 spiro atoms. The molecule has 4 rings (SSSR count). The average molecular weight is 551 g/mol. The van der Waals surface area contributed by atoms with E-state index >= 15 is 0 Å². The van der Waals surface area contributed by atoms with E-state index in [2.05, 4.69) is 32.7 Å². The molecule has 0 bridgehead atoms. The molecule has 5 nitrogen and oxygen atoms in total. The number of amides is 1. The summed E-state index contributed by atoms with van der Waals surface area (Å²) in [4.78, 5) is 19.7. The van der Waals surface area contributed by atoms with E-state index in [1.165, 1.54) is 4.88 Å². The zero-order valence-electron chi connectivity index (χ0n) is 22.5. The molecular formula is C31H35ClN2O3S. The van der Waals surface area contributed by atoms with Gasteiger partial charge in [0.05, 0.1) is 12.2 Å². The molecule has 1 atom stereocenters. The topological polar surface area (TPSA) is 59.9 Å². The van der Waals surface area contributed by atoms with E-state index in [9.17, 15) is 4.79 Å². The zero-order chi connectivity index (χ0) is 27.3. The van der Waals surface area contributed by atoms with Crippen LogP contribution in [0.25, 0.3) is 0 Å². The number of carbonyl (C=O) groups is 1. The second-order valence-electron chi connectivity index (χ2n) is 10.4. The summed E-state index contributed by atoms with van der Waals surface area (Å²) in [5.41, 5.74) is 3.57. The lowest BCUT2D eigenvalue weighted by atomic mass is 9.72. The number of anilines is 1. The highest BCUT2D eigenvalue weighted by Gasteiger charge is 2.33. The summed E-state index contributed by atoms with van der Waals surface area (Å²) in [5.74, 6) is 1.73. The molecule has 1 heterocycles. The van der Waals surface area contributed by atoms with Gasteiger partial charge in [0, 0.05) is 21.8 Å². The van der Waals surface area contributed by atoms with Crippen molar-refractivity contribution in [2.24, 2.45) is 16.3 Å². The van der Waals surface area contributed by atoms with Crippen molar-refractivity contribution in [3.05, 3.63) is 81.7 Å². The highest BCUT2D eigenvalue weighted by atomic mass is 35.5. The number of aliphatic imine (C=N–C) groups is 1. The smallest absolute Gasteiger partial charge is 0.259 e. The van der Waals surface area contributed by atoms with E-state index in [-0.39, 0.29) is 11.3 Å². The number of fused-ring (bicyclic) bond motifs is 1. The number of carbonyl (C=O) groups excluding carboxylic acids is 1. The van der Waals surface area contributed by atoms with Crippen molar-refractivity contribution in [2.75, 3.05) is 18.5 Å². The SMILES string of the molecule is C=CCOc1ccc(C=Nc2sc3c(c2C(=O)Nc2ccc(Cl)cc2)CC[C@H](C(C)(C)C)C3)cc1OCC. The van der Waals surface area contributed by atoms with E-state index in [4.69, 9.17) is 26.1 Å². The number of benzene rings is 2. The van der Waals surface area contributed by atoms with Gasteiger partial charge in [0.25, 0.3) is 5.91 Å². The first-order valence-corrected chi connectivity index (χ1v) is 14.1. The first-order valence-electron chi connectivity index (χ1n) is 13.0. The van der Waals surface area contributed by atoms with E-state index in [1.54, 1.807) is 35.8 Å². The zero-order valence-corrected chi connectivity index (χ0v) is 24.0. The molecule has 1 aliphatic carbocycles. The van der Waals surface area contributed by atoms with Crippen molar-refractivity contribution in [3.63, 3.8) is 0 Å². The van der Waals surface area contributed by atoms with Gasteiger partial charge >= 0.3 is 0 Å². The fraction of sp³-hybridized carbons (Fsp3) is 0.355. The number of ether oxygens (including phenoxy) is 2. The van der Waals surface area contributed by atoms with Gasteiger partial charge in [0.1, 0.15) is 11.6 Å². The van der Waals surface area contributed by atoms with Crippen LogP contribution in [0.4, 0.5) is 10.7 Å². The Bertz CT molecular complexity index is 1320. The number of thiophene rings is 1. The van der Waals surface area contributed by atoms with E-state index < -0.39 is 0 Å². The predicted molar refractivity (Wildman–Crippen MR) is 159 cm³/mol. The Hall–Kier alpha value is -3.09. The number of hydrogen-bond acceptors (Lipinski definition) is 5. The second-order valence-corrected chi connectivity index (χ2v) is 12.0. The first kappa shape index (κ1) is 27.9. The molecule has 200 valence electrons. The molecule has 1 amide bonds. The minimum atomic E-state index is -0.144. The molecule has 38 heavy (non-hydrogen) atoms. The molecule has 0 saturated heterocycles. The molecule has 0 aliphatic heterocycles. The van der Waals surface area contributed by atoms with E-state index in [0.717, 1.165) is 35.4 Å². The van der Waals surface area contributed by atoms with Gasteiger partial charge in [-0.3, -0.25) is 4.79 Å². The van der Waals surface area contributed by atoms with Gasteiger partial charge in [-0.15, -0.1) is 11.3 Å². The number of nitrogens with zero attached hydrogens (tertiary/aromatic N) is 1. The first-order chi connectivity index (χ1) is 18.2. The fourth-order valence-corrected chi connectivity index (χ4v) is 6.03. The van der Waals surface area contributed by atoms with Crippen LogP contribution in [-0.4, -0.2) is 25.3 Å². The summed E-state index contributed by atoms with van der Waals surface area (Å²) in [7, 11) is 0. The van der Waals surface area contributed by atoms with Crippen molar-refractivity contribution in [1.29, 1.82) is 0 Å². The van der Waals surface area contributed by atoms with Gasteiger partial charge in [0.2, 0.25) is 0 Å². The summed E-state index contributed by atoms with van der Waals surface area (Å²) in [5, 5.41) is 4.39. The van der Waals surface area contributed by atoms with Gasteiger partial charge in [-0.2, -0.15) is 0 Å². The Balaban J connectivity index is 1.68. The normalized spacial score (nSPS) is 15.2. The molecule has 2 aromatic carbocycles. The van der Waals surface area contributed by atoms with Gasteiger partial charge in [-0.1, -0.05) is 45.0 Å². The van der Waals surface area contributed by atoms with Crippen LogP contribution < -0.4 is 14.8 Å². The maximum atomic E-state index is 13.6. The molecule has 3 aromatic rings. The Morgan fingerprint density at radius 3 is 2.63 bits per heavy atom. The molecule has 0 fully saturated rings. The summed E-state index contributed by atoms with van der Waals surface area (Å²) < 4.78 is 11.5. The number of rotatable bonds is 9. The van der Waals surface area contributed by atoms with Crippen LogP contribution in [0.5, 0.6) is 11.5 Å². The minimum Gasteiger partial charge on any atom is -0.490 e. The Kier molecular flexibility index (Phi) is 8.95. The van der Waals surface area contributed by atoms with Gasteiger partial charge < -0.3 is 14.8 Å². The Morgan fingerprint density at radius 1 is 1.18 bits per heavy atom. The second kappa shape index (κ2) is 12.2. The van der Waals surface area contributed by atoms with Crippen molar-refractivity contribution in [2.45, 2.75) is 47.0 Å². The predicted octanol–water partition coefficient (Wildman–Crippen LogP) is 8.52. The largest absolute Gasteiger partial charge is 0.490 e. The summed E-state index contributed by atoms with van der Waals surface area (Å²) >= 11 is 7.66. The third-order valence-electron chi connectivity index (χ3n) is 6.76. The highest BCUT2D eigenvalue weighted by molar-refractivity contribution is 7.16. The van der Waals surface area contributed by atoms with E-state index in [0.29, 0.717) is 46.9 Å².